The number of hydrogen-bond acceptors (Lipinski definition) is 4. The molecule has 1 N–H and O–H groups in total. The fraction of sp³-hybridized carbons (Fsp3) is 0.333. The van der Waals surface area contributed by atoms with Crippen LogP contribution in [0.3, 0.4) is 0 Å². The average molecular weight is 543 g/mol. The lowest BCUT2D eigenvalue weighted by atomic mass is 9.71. The molecule has 0 saturated carbocycles. The molecule has 0 aliphatic carbocycles. The highest BCUT2D eigenvalue weighted by atomic mass is 19.4. The first-order valence-corrected chi connectivity index (χ1v) is 11.6. The molecule has 0 radical (unpaired) electrons. The van der Waals surface area contributed by atoms with Crippen LogP contribution >= 0.6 is 0 Å². The lowest BCUT2D eigenvalue weighted by Gasteiger charge is -2.33. The first-order chi connectivity index (χ1) is 17.8. The molecule has 0 amide bonds. The Morgan fingerprint density at radius 1 is 0.895 bits per heavy atom. The van der Waals surface area contributed by atoms with E-state index in [4.69, 9.17) is 0 Å². The number of aryl methyl sites for hydroxylation is 1. The number of fused-ring (bicyclic) bond motifs is 1. The van der Waals surface area contributed by atoms with E-state index < -0.39 is 42.4 Å². The van der Waals surface area contributed by atoms with Crippen LogP contribution in [0.4, 0.5) is 36.4 Å². The van der Waals surface area contributed by atoms with E-state index in [9.17, 15) is 35.8 Å². The van der Waals surface area contributed by atoms with Gasteiger partial charge in [0.25, 0.3) is 0 Å². The molecule has 0 bridgehead atoms. The molecule has 4 nitrogen and oxygen atoms in total. The van der Waals surface area contributed by atoms with Crippen molar-refractivity contribution in [2.75, 3.05) is 24.7 Å². The van der Waals surface area contributed by atoms with Gasteiger partial charge in [-0.2, -0.15) is 0 Å². The predicted molar refractivity (Wildman–Crippen MR) is 126 cm³/mol. The fourth-order valence-corrected chi connectivity index (χ4v) is 5.11. The lowest BCUT2D eigenvalue weighted by molar-refractivity contribution is -0.275. The summed E-state index contributed by atoms with van der Waals surface area (Å²) in [6.07, 6.45) is -11.1. The Morgan fingerprint density at radius 2 is 1.50 bits per heavy atom. The third kappa shape index (κ3) is 6.15. The first kappa shape index (κ1) is 27.6. The van der Waals surface area contributed by atoms with Gasteiger partial charge >= 0.3 is 12.7 Å². The number of benzene rings is 3. The molecule has 4 rings (SSSR count). The molecule has 204 valence electrons. The predicted octanol–water partition coefficient (Wildman–Crippen LogP) is 6.47. The number of aliphatic hydroxyl groups is 1. The summed E-state index contributed by atoms with van der Waals surface area (Å²) in [4.78, 5) is 1.75. The Balaban J connectivity index is 1.87. The highest BCUT2D eigenvalue weighted by Gasteiger charge is 2.46. The monoisotopic (exact) mass is 543 g/mol. The van der Waals surface area contributed by atoms with Crippen LogP contribution in [0.25, 0.3) is 0 Å². The molecule has 3 aromatic carbocycles. The van der Waals surface area contributed by atoms with Gasteiger partial charge in [-0.3, -0.25) is 0 Å². The van der Waals surface area contributed by atoms with Gasteiger partial charge in [-0.25, -0.2) is 4.39 Å². The van der Waals surface area contributed by atoms with E-state index in [0.717, 1.165) is 17.7 Å². The van der Waals surface area contributed by atoms with E-state index in [1.165, 1.54) is 24.3 Å². The van der Waals surface area contributed by atoms with Gasteiger partial charge in [0.2, 0.25) is 0 Å². The van der Waals surface area contributed by atoms with Crippen molar-refractivity contribution >= 4 is 5.69 Å². The van der Waals surface area contributed by atoms with Crippen molar-refractivity contribution in [2.45, 2.75) is 37.6 Å². The maximum absolute atomic E-state index is 13.3. The second-order valence-electron chi connectivity index (χ2n) is 9.19. The molecule has 0 saturated heterocycles. The van der Waals surface area contributed by atoms with E-state index in [-0.39, 0.29) is 19.5 Å². The van der Waals surface area contributed by atoms with Crippen molar-refractivity contribution in [3.63, 3.8) is 0 Å². The maximum atomic E-state index is 13.3. The Kier molecular flexibility index (Phi) is 7.51. The van der Waals surface area contributed by atoms with E-state index in [1.54, 1.807) is 29.2 Å². The van der Waals surface area contributed by atoms with E-state index in [0.29, 0.717) is 22.4 Å². The Labute approximate surface area is 214 Å². The smallest absolute Gasteiger partial charge is 0.406 e. The maximum Gasteiger partial charge on any atom is 0.573 e. The summed E-state index contributed by atoms with van der Waals surface area (Å²) < 4.78 is 99.1. The second kappa shape index (κ2) is 10.4. The standard InChI is InChI=1S/C27H24F7NO3/c1-17-5-2-10-23-24(17)35(15-20(36)14-28)16-25(23,19-7-4-9-22(12-19)38-27(32,33)34)13-18-6-3-8-21(11-18)37-26(29,30)31/h2-12,20,36H,13-16H2,1H3/t20-,25?/m0/s1. The van der Waals surface area contributed by atoms with Crippen molar-refractivity contribution < 1.29 is 45.3 Å². The molecule has 1 unspecified atom stereocenters. The molecule has 11 heteroatoms. The van der Waals surface area contributed by atoms with Gasteiger partial charge in [0, 0.05) is 24.2 Å². The Hall–Kier alpha value is -3.47. The van der Waals surface area contributed by atoms with E-state index in [1.807, 2.05) is 13.0 Å². The number of hydrogen-bond donors (Lipinski definition) is 1. The van der Waals surface area contributed by atoms with Gasteiger partial charge < -0.3 is 19.5 Å². The zero-order valence-corrected chi connectivity index (χ0v) is 20.1. The average Bonchev–Trinajstić information content (AvgIpc) is 3.12. The molecule has 1 heterocycles. The van der Waals surface area contributed by atoms with Gasteiger partial charge in [-0.1, -0.05) is 42.5 Å². The van der Waals surface area contributed by atoms with Gasteiger partial charge in [0.1, 0.15) is 18.2 Å². The number of alkyl halides is 7. The molecular weight excluding hydrogens is 519 g/mol. The van der Waals surface area contributed by atoms with Crippen LogP contribution in [0, 0.1) is 6.92 Å². The minimum atomic E-state index is -4.93. The number of rotatable bonds is 8. The van der Waals surface area contributed by atoms with Crippen molar-refractivity contribution in [1.29, 1.82) is 0 Å². The van der Waals surface area contributed by atoms with Crippen LogP contribution in [0.1, 0.15) is 22.3 Å². The van der Waals surface area contributed by atoms with Crippen molar-refractivity contribution in [2.24, 2.45) is 0 Å². The van der Waals surface area contributed by atoms with Crippen LogP contribution in [0.15, 0.2) is 66.7 Å². The molecular formula is C27H24F7NO3. The lowest BCUT2D eigenvalue weighted by Crippen LogP contribution is -2.40. The topological polar surface area (TPSA) is 41.9 Å². The summed E-state index contributed by atoms with van der Waals surface area (Å²) in [6, 6.07) is 16.1. The van der Waals surface area contributed by atoms with Crippen LogP contribution in [-0.4, -0.2) is 43.7 Å². The van der Waals surface area contributed by atoms with Gasteiger partial charge in [0.05, 0.1) is 6.10 Å². The minimum Gasteiger partial charge on any atom is -0.406 e. The van der Waals surface area contributed by atoms with Crippen LogP contribution in [0.2, 0.25) is 0 Å². The zero-order chi connectivity index (χ0) is 27.7. The summed E-state index contributed by atoms with van der Waals surface area (Å²) >= 11 is 0. The normalized spacial score (nSPS) is 18.3. The summed E-state index contributed by atoms with van der Waals surface area (Å²) in [5.41, 5.74) is 1.88. The number of para-hydroxylation sites is 1. The van der Waals surface area contributed by atoms with Crippen LogP contribution in [0.5, 0.6) is 11.5 Å². The van der Waals surface area contributed by atoms with Gasteiger partial charge in [0.15, 0.2) is 0 Å². The van der Waals surface area contributed by atoms with Crippen molar-refractivity contribution in [3.05, 3.63) is 89.0 Å². The molecule has 0 fully saturated rings. The second-order valence-corrected chi connectivity index (χ2v) is 9.19. The highest BCUT2D eigenvalue weighted by molar-refractivity contribution is 5.70. The molecule has 0 spiro atoms. The van der Waals surface area contributed by atoms with E-state index in [2.05, 4.69) is 9.47 Å². The number of aliphatic hydroxyl groups excluding tert-OH is 1. The number of β-amino-alcohol motifs (C(OH)–C–C–N with tert-alkyl or cyclic N) is 1. The largest absolute Gasteiger partial charge is 0.573 e. The highest BCUT2D eigenvalue weighted by Crippen LogP contribution is 2.49. The SMILES string of the molecule is Cc1cccc2c1N(C[C@@H](O)CF)CC2(Cc1cccc(OC(F)(F)F)c1)c1cccc(OC(F)(F)F)c1. The van der Waals surface area contributed by atoms with E-state index >= 15 is 0 Å². The number of nitrogens with zero attached hydrogens (tertiary/aromatic N) is 1. The van der Waals surface area contributed by atoms with Crippen LogP contribution in [-0.2, 0) is 11.8 Å². The van der Waals surface area contributed by atoms with Crippen molar-refractivity contribution in [3.8, 4) is 11.5 Å². The molecule has 1 aliphatic heterocycles. The van der Waals surface area contributed by atoms with Gasteiger partial charge in [-0.15, -0.1) is 26.3 Å². The third-order valence-corrected chi connectivity index (χ3v) is 6.40. The number of halogens is 7. The zero-order valence-electron chi connectivity index (χ0n) is 20.1. The Morgan fingerprint density at radius 3 is 2.13 bits per heavy atom. The fourth-order valence-electron chi connectivity index (χ4n) is 5.11. The quantitative estimate of drug-likeness (QED) is 0.331. The molecule has 38 heavy (non-hydrogen) atoms. The summed E-state index contributed by atoms with van der Waals surface area (Å²) in [5, 5.41) is 10.1. The Bertz CT molecular complexity index is 1280. The number of ether oxygens (including phenoxy) is 2. The summed E-state index contributed by atoms with van der Waals surface area (Å²) in [6.45, 7) is 0.831. The first-order valence-electron chi connectivity index (χ1n) is 11.6. The van der Waals surface area contributed by atoms with Crippen molar-refractivity contribution in [1.82, 2.24) is 0 Å². The molecule has 0 aromatic heterocycles. The summed E-state index contributed by atoms with van der Waals surface area (Å²) in [5.74, 6) is -0.897. The molecule has 3 aromatic rings. The van der Waals surface area contributed by atoms with Crippen LogP contribution < -0.4 is 14.4 Å². The van der Waals surface area contributed by atoms with Gasteiger partial charge in [-0.05, 0) is 59.9 Å². The number of anilines is 1. The summed E-state index contributed by atoms with van der Waals surface area (Å²) in [7, 11) is 0. The molecule has 1 aliphatic rings. The minimum absolute atomic E-state index is 0.0657. The molecule has 2 atom stereocenters. The third-order valence-electron chi connectivity index (χ3n) is 6.40.